The first-order valence-electron chi connectivity index (χ1n) is 10.2. The summed E-state index contributed by atoms with van der Waals surface area (Å²) in [5.41, 5.74) is 2.75. The summed E-state index contributed by atoms with van der Waals surface area (Å²) in [6.45, 7) is 3.65. The molecule has 0 atom stereocenters. The summed E-state index contributed by atoms with van der Waals surface area (Å²) in [7, 11) is 0. The third kappa shape index (κ3) is 4.75. The number of rotatable bonds is 6. The van der Waals surface area contributed by atoms with Gasteiger partial charge in [-0.05, 0) is 92.0 Å². The van der Waals surface area contributed by atoms with Crippen molar-refractivity contribution in [1.82, 2.24) is 0 Å². The SMILES string of the molecule is CCCc1ccc(CCC2CCC(c3ccc(C)c(F)c3F)CC2)cc1F. The summed E-state index contributed by atoms with van der Waals surface area (Å²) in [5.74, 6) is -0.765. The molecule has 0 spiro atoms. The summed E-state index contributed by atoms with van der Waals surface area (Å²) in [4.78, 5) is 0. The summed E-state index contributed by atoms with van der Waals surface area (Å²) in [6.07, 6.45) is 7.49. The summed E-state index contributed by atoms with van der Waals surface area (Å²) in [6, 6.07) is 9.07. The Morgan fingerprint density at radius 3 is 2.30 bits per heavy atom. The van der Waals surface area contributed by atoms with Crippen LogP contribution in [0.25, 0.3) is 0 Å². The molecule has 3 rings (SSSR count). The van der Waals surface area contributed by atoms with E-state index in [4.69, 9.17) is 0 Å². The van der Waals surface area contributed by atoms with Crippen molar-refractivity contribution in [2.45, 2.75) is 71.1 Å². The molecule has 0 aromatic heterocycles. The maximum atomic E-state index is 14.2. The van der Waals surface area contributed by atoms with Crippen LogP contribution < -0.4 is 0 Å². The quantitative estimate of drug-likeness (QED) is 0.499. The standard InChI is InChI=1S/C24H29F3/c1-3-4-20-13-10-18(15-22(20)25)7-6-17-8-11-19(12-9-17)21-14-5-16(2)23(26)24(21)27/h5,10,13-15,17,19H,3-4,6-9,11-12H2,1-2H3. The van der Waals surface area contributed by atoms with Gasteiger partial charge >= 0.3 is 0 Å². The van der Waals surface area contributed by atoms with Crippen molar-refractivity contribution in [1.29, 1.82) is 0 Å². The summed E-state index contributed by atoms with van der Waals surface area (Å²) >= 11 is 0. The molecule has 2 aromatic carbocycles. The van der Waals surface area contributed by atoms with Crippen molar-refractivity contribution < 1.29 is 13.2 Å². The van der Waals surface area contributed by atoms with Gasteiger partial charge < -0.3 is 0 Å². The van der Waals surface area contributed by atoms with Gasteiger partial charge in [0.1, 0.15) is 5.82 Å². The van der Waals surface area contributed by atoms with Gasteiger partial charge in [-0.3, -0.25) is 0 Å². The van der Waals surface area contributed by atoms with Gasteiger partial charge in [-0.15, -0.1) is 0 Å². The maximum Gasteiger partial charge on any atom is 0.162 e. The Morgan fingerprint density at radius 2 is 1.63 bits per heavy atom. The lowest BCUT2D eigenvalue weighted by Gasteiger charge is -2.29. The Morgan fingerprint density at radius 1 is 0.889 bits per heavy atom. The van der Waals surface area contributed by atoms with Gasteiger partial charge in [0.25, 0.3) is 0 Å². The molecular weight excluding hydrogens is 345 g/mol. The van der Waals surface area contributed by atoms with Gasteiger partial charge in [-0.1, -0.05) is 37.6 Å². The van der Waals surface area contributed by atoms with Crippen molar-refractivity contribution in [3.05, 3.63) is 70.0 Å². The lowest BCUT2D eigenvalue weighted by Crippen LogP contribution is -2.15. The van der Waals surface area contributed by atoms with Gasteiger partial charge in [-0.25, -0.2) is 13.2 Å². The van der Waals surface area contributed by atoms with Crippen LogP contribution in [0, 0.1) is 30.3 Å². The largest absolute Gasteiger partial charge is 0.207 e. The van der Waals surface area contributed by atoms with Gasteiger partial charge in [0.2, 0.25) is 0 Å². The smallest absolute Gasteiger partial charge is 0.162 e. The molecule has 1 fully saturated rings. The predicted molar refractivity (Wildman–Crippen MR) is 105 cm³/mol. The van der Waals surface area contributed by atoms with Crippen LogP contribution in [0.5, 0.6) is 0 Å². The van der Waals surface area contributed by atoms with Crippen LogP contribution >= 0.6 is 0 Å². The third-order valence-electron chi connectivity index (χ3n) is 6.07. The van der Waals surface area contributed by atoms with E-state index in [1.165, 1.54) is 0 Å². The van der Waals surface area contributed by atoms with E-state index in [1.54, 1.807) is 25.1 Å². The third-order valence-corrected chi connectivity index (χ3v) is 6.07. The van der Waals surface area contributed by atoms with Crippen LogP contribution in [-0.2, 0) is 12.8 Å². The van der Waals surface area contributed by atoms with E-state index in [0.29, 0.717) is 17.0 Å². The highest BCUT2D eigenvalue weighted by atomic mass is 19.2. The Balaban J connectivity index is 1.53. The van der Waals surface area contributed by atoms with Gasteiger partial charge in [0.15, 0.2) is 11.6 Å². The van der Waals surface area contributed by atoms with Crippen LogP contribution in [0.2, 0.25) is 0 Å². The molecular formula is C24H29F3. The second kappa shape index (κ2) is 8.95. The van der Waals surface area contributed by atoms with E-state index >= 15 is 0 Å². The first-order chi connectivity index (χ1) is 13.0. The van der Waals surface area contributed by atoms with Crippen LogP contribution in [-0.4, -0.2) is 0 Å². The normalized spacial score (nSPS) is 20.0. The van der Waals surface area contributed by atoms with Crippen LogP contribution in [0.1, 0.15) is 73.6 Å². The van der Waals surface area contributed by atoms with Crippen LogP contribution in [0.4, 0.5) is 13.2 Å². The van der Waals surface area contributed by atoms with Crippen LogP contribution in [0.3, 0.4) is 0 Å². The molecule has 0 N–H and O–H groups in total. The highest BCUT2D eigenvalue weighted by Crippen LogP contribution is 2.39. The van der Waals surface area contributed by atoms with Crippen molar-refractivity contribution >= 4 is 0 Å². The number of hydrogen-bond acceptors (Lipinski definition) is 0. The Bertz CT molecular complexity index is 773. The van der Waals surface area contributed by atoms with Crippen molar-refractivity contribution in [3.8, 4) is 0 Å². The zero-order chi connectivity index (χ0) is 19.4. The first-order valence-corrected chi connectivity index (χ1v) is 10.2. The average Bonchev–Trinajstić information content (AvgIpc) is 2.67. The van der Waals surface area contributed by atoms with E-state index in [1.807, 2.05) is 12.1 Å². The number of halogens is 3. The number of aryl methyl sites for hydroxylation is 3. The highest BCUT2D eigenvalue weighted by Gasteiger charge is 2.25. The minimum absolute atomic E-state index is 0.0880. The molecule has 0 unspecified atom stereocenters. The van der Waals surface area contributed by atoms with Crippen molar-refractivity contribution in [3.63, 3.8) is 0 Å². The zero-order valence-electron chi connectivity index (χ0n) is 16.3. The topological polar surface area (TPSA) is 0 Å². The summed E-state index contributed by atoms with van der Waals surface area (Å²) in [5, 5.41) is 0. The van der Waals surface area contributed by atoms with E-state index < -0.39 is 11.6 Å². The Hall–Kier alpha value is -1.77. The predicted octanol–water partition coefficient (Wildman–Crippen LogP) is 7.27. The monoisotopic (exact) mass is 374 g/mol. The molecule has 2 aromatic rings. The van der Waals surface area contributed by atoms with Crippen molar-refractivity contribution in [2.24, 2.45) is 5.92 Å². The minimum Gasteiger partial charge on any atom is -0.207 e. The van der Waals surface area contributed by atoms with E-state index in [-0.39, 0.29) is 11.7 Å². The lowest BCUT2D eigenvalue weighted by molar-refractivity contribution is 0.304. The molecule has 0 nitrogen and oxygen atoms in total. The van der Waals surface area contributed by atoms with E-state index in [2.05, 4.69) is 6.92 Å². The molecule has 1 aliphatic carbocycles. The van der Waals surface area contributed by atoms with Gasteiger partial charge in [0.05, 0.1) is 0 Å². The fourth-order valence-electron chi connectivity index (χ4n) is 4.33. The fourth-order valence-corrected chi connectivity index (χ4v) is 4.33. The molecule has 1 aliphatic rings. The maximum absolute atomic E-state index is 14.2. The molecule has 1 saturated carbocycles. The van der Waals surface area contributed by atoms with Gasteiger partial charge in [0, 0.05) is 0 Å². The Labute approximate surface area is 160 Å². The second-order valence-electron chi connectivity index (χ2n) is 8.03. The molecule has 3 heteroatoms. The first kappa shape index (κ1) is 20.0. The molecule has 0 radical (unpaired) electrons. The van der Waals surface area contributed by atoms with Gasteiger partial charge in [-0.2, -0.15) is 0 Å². The molecule has 27 heavy (non-hydrogen) atoms. The molecule has 0 bridgehead atoms. The number of hydrogen-bond donors (Lipinski definition) is 0. The average molecular weight is 374 g/mol. The number of benzene rings is 2. The van der Waals surface area contributed by atoms with E-state index in [0.717, 1.165) is 62.5 Å². The second-order valence-corrected chi connectivity index (χ2v) is 8.03. The van der Waals surface area contributed by atoms with Crippen LogP contribution in [0.15, 0.2) is 30.3 Å². The minimum atomic E-state index is -0.705. The molecule has 0 amide bonds. The highest BCUT2D eigenvalue weighted by molar-refractivity contribution is 5.28. The Kier molecular flexibility index (Phi) is 6.62. The van der Waals surface area contributed by atoms with E-state index in [9.17, 15) is 13.2 Å². The fraction of sp³-hybridized carbons (Fsp3) is 0.500. The lowest BCUT2D eigenvalue weighted by atomic mass is 9.76. The molecule has 0 aliphatic heterocycles. The summed E-state index contributed by atoms with van der Waals surface area (Å²) < 4.78 is 42.1. The molecule has 146 valence electrons. The zero-order valence-corrected chi connectivity index (χ0v) is 16.3. The molecule has 0 saturated heterocycles. The molecule has 0 heterocycles. The van der Waals surface area contributed by atoms with Crippen molar-refractivity contribution in [2.75, 3.05) is 0 Å².